The summed E-state index contributed by atoms with van der Waals surface area (Å²) in [4.78, 5) is 10.2. The summed E-state index contributed by atoms with van der Waals surface area (Å²) in [6.07, 6.45) is 2.03. The van der Waals surface area contributed by atoms with Gasteiger partial charge in [-0.15, -0.1) is 0 Å². The van der Waals surface area contributed by atoms with Crippen LogP contribution in [-0.4, -0.2) is 77.5 Å². The molecule has 3 heterocycles. The highest BCUT2D eigenvalue weighted by Gasteiger charge is 2.20. The predicted octanol–water partition coefficient (Wildman–Crippen LogP) is 6.95. The quantitative estimate of drug-likeness (QED) is 0.230. The van der Waals surface area contributed by atoms with Gasteiger partial charge in [0, 0.05) is 74.9 Å². The van der Waals surface area contributed by atoms with E-state index in [1.165, 1.54) is 11.8 Å². The lowest BCUT2D eigenvalue weighted by atomic mass is 10.0. The molecule has 1 fully saturated rings. The number of rotatable bonds is 8. The first-order valence-electron chi connectivity index (χ1n) is 15.9. The second-order valence-corrected chi connectivity index (χ2v) is 13.8. The highest BCUT2D eigenvalue weighted by Crippen LogP contribution is 2.32. The molecule has 0 aliphatic carbocycles. The number of hydrogen-bond acceptors (Lipinski definition) is 6. The third-order valence-electron chi connectivity index (χ3n) is 7.97. The van der Waals surface area contributed by atoms with Crippen molar-refractivity contribution in [1.29, 1.82) is 0 Å². The van der Waals surface area contributed by atoms with Crippen molar-refractivity contribution in [2.24, 2.45) is 7.05 Å². The Morgan fingerprint density at radius 1 is 0.841 bits per heavy atom. The molecule has 1 aliphatic rings. The fourth-order valence-electron chi connectivity index (χ4n) is 5.42. The van der Waals surface area contributed by atoms with Crippen LogP contribution in [0.3, 0.4) is 0 Å². The maximum absolute atomic E-state index is 11.9. The average molecular weight is 621 g/mol. The molecule has 44 heavy (non-hydrogen) atoms. The van der Waals surface area contributed by atoms with Gasteiger partial charge in [-0.25, -0.2) is 8.42 Å². The first kappa shape index (κ1) is 35.4. The van der Waals surface area contributed by atoms with E-state index >= 15 is 0 Å². The van der Waals surface area contributed by atoms with Gasteiger partial charge >= 0.3 is 0 Å². The molecule has 1 N–H and O–H groups in total. The zero-order valence-corrected chi connectivity index (χ0v) is 29.0. The van der Waals surface area contributed by atoms with Crippen LogP contribution in [0.5, 0.6) is 0 Å². The fraction of sp³-hybridized carbons (Fsp3) is 0.472. The van der Waals surface area contributed by atoms with Gasteiger partial charge in [-0.05, 0) is 62.6 Å². The highest BCUT2D eigenvalue weighted by atomic mass is 32.2. The topological polar surface area (TPSA) is 78.7 Å². The molecule has 0 amide bonds. The summed E-state index contributed by atoms with van der Waals surface area (Å²) in [5.74, 6) is 0. The summed E-state index contributed by atoms with van der Waals surface area (Å²) in [5.41, 5.74) is 6.77. The molecule has 0 atom stereocenters. The number of aromatic nitrogens is 2. The molecule has 5 rings (SSSR count). The number of sulfone groups is 1. The Morgan fingerprint density at radius 2 is 1.39 bits per heavy atom. The SMILES string of the molecule is CC.CC.Cc1nc(-c2ccc(CN3CCN(CCC(C)(C)O)CC3)cc2)cc2c1cc(-c1ccc(S(C)(=O)=O)cc1)n2C. The van der Waals surface area contributed by atoms with Crippen molar-refractivity contribution in [3.63, 3.8) is 0 Å². The first-order valence-corrected chi connectivity index (χ1v) is 17.8. The van der Waals surface area contributed by atoms with E-state index in [1.54, 1.807) is 12.1 Å². The predicted molar refractivity (Wildman–Crippen MR) is 185 cm³/mol. The lowest BCUT2D eigenvalue weighted by molar-refractivity contribution is 0.0467. The van der Waals surface area contributed by atoms with Gasteiger partial charge in [0.2, 0.25) is 0 Å². The minimum Gasteiger partial charge on any atom is -0.390 e. The number of nitrogens with zero attached hydrogens (tertiary/aromatic N) is 4. The molecule has 1 saturated heterocycles. The third-order valence-corrected chi connectivity index (χ3v) is 9.10. The largest absolute Gasteiger partial charge is 0.390 e. The molecule has 2 aromatic carbocycles. The molecule has 0 unspecified atom stereocenters. The summed E-state index contributed by atoms with van der Waals surface area (Å²) in [6, 6.07) is 20.1. The molecular formula is C36H52N4O3S. The Balaban J connectivity index is 0.00000127. The van der Waals surface area contributed by atoms with E-state index < -0.39 is 15.4 Å². The first-order chi connectivity index (χ1) is 20.9. The zero-order valence-electron chi connectivity index (χ0n) is 28.2. The molecule has 1 aliphatic heterocycles. The molecule has 240 valence electrons. The van der Waals surface area contributed by atoms with Crippen LogP contribution in [0.1, 0.15) is 59.2 Å². The number of pyridine rings is 1. The second-order valence-electron chi connectivity index (χ2n) is 11.8. The van der Waals surface area contributed by atoms with Crippen molar-refractivity contribution >= 4 is 20.7 Å². The summed E-state index contributed by atoms with van der Waals surface area (Å²) in [6.45, 7) is 19.8. The van der Waals surface area contributed by atoms with E-state index in [0.29, 0.717) is 4.90 Å². The van der Waals surface area contributed by atoms with E-state index in [9.17, 15) is 13.5 Å². The van der Waals surface area contributed by atoms with Crippen molar-refractivity contribution in [2.75, 3.05) is 39.0 Å². The van der Waals surface area contributed by atoms with Gasteiger partial charge in [-0.3, -0.25) is 9.88 Å². The minimum atomic E-state index is -3.23. The molecule has 0 spiro atoms. The number of hydrogen-bond donors (Lipinski definition) is 1. The molecule has 7 nitrogen and oxygen atoms in total. The smallest absolute Gasteiger partial charge is 0.175 e. The Kier molecular flexibility index (Phi) is 12.3. The van der Waals surface area contributed by atoms with Gasteiger partial charge in [0.05, 0.1) is 21.7 Å². The maximum Gasteiger partial charge on any atom is 0.175 e. The van der Waals surface area contributed by atoms with E-state index in [0.717, 1.165) is 84.8 Å². The monoisotopic (exact) mass is 620 g/mol. The Hall–Kier alpha value is -3.04. The Labute approximate surface area is 265 Å². The van der Waals surface area contributed by atoms with Gasteiger partial charge < -0.3 is 14.6 Å². The summed E-state index contributed by atoms with van der Waals surface area (Å²) in [7, 11) is -1.19. The molecule has 4 aromatic rings. The second kappa shape index (κ2) is 15.3. The number of aryl methyl sites for hydroxylation is 2. The Morgan fingerprint density at radius 3 is 1.93 bits per heavy atom. The molecule has 8 heteroatoms. The molecule has 0 bridgehead atoms. The standard InChI is InChI=1S/C32H40N4O3S.2C2H6/c1-23-28-20-30(26-10-12-27(13-11-26)40(5,38)39)34(4)31(28)21-29(33-23)25-8-6-24(7-9-25)22-36-18-16-35(17-19-36)15-14-32(2,3)37;2*1-2/h6-13,20-21,37H,14-19,22H2,1-5H3;2*1-2H3. The summed E-state index contributed by atoms with van der Waals surface area (Å²) >= 11 is 0. The highest BCUT2D eigenvalue weighted by molar-refractivity contribution is 7.90. The van der Waals surface area contributed by atoms with Gasteiger partial charge in [0.1, 0.15) is 0 Å². The van der Waals surface area contributed by atoms with Crippen molar-refractivity contribution < 1.29 is 13.5 Å². The third kappa shape index (κ3) is 9.00. The van der Waals surface area contributed by atoms with Gasteiger partial charge in [0.15, 0.2) is 9.84 Å². The van der Waals surface area contributed by atoms with E-state index in [1.807, 2.05) is 67.6 Å². The van der Waals surface area contributed by atoms with Gasteiger partial charge in [-0.1, -0.05) is 64.1 Å². The lowest BCUT2D eigenvalue weighted by Crippen LogP contribution is -2.47. The van der Waals surface area contributed by atoms with Crippen LogP contribution in [0.15, 0.2) is 65.6 Å². The van der Waals surface area contributed by atoms with Gasteiger partial charge in [0.25, 0.3) is 0 Å². The molecular weight excluding hydrogens is 568 g/mol. The van der Waals surface area contributed by atoms with E-state index in [-0.39, 0.29) is 0 Å². The number of fused-ring (bicyclic) bond motifs is 1. The number of aliphatic hydroxyl groups is 1. The van der Waals surface area contributed by atoms with Crippen LogP contribution >= 0.6 is 0 Å². The fourth-order valence-corrected chi connectivity index (χ4v) is 6.06. The van der Waals surface area contributed by atoms with E-state index in [4.69, 9.17) is 4.98 Å². The molecule has 0 radical (unpaired) electrons. The van der Waals surface area contributed by atoms with Crippen LogP contribution in [-0.2, 0) is 23.4 Å². The average Bonchev–Trinajstić information content (AvgIpc) is 3.35. The molecule has 0 saturated carbocycles. The van der Waals surface area contributed by atoms with E-state index in [2.05, 4.69) is 50.8 Å². The normalized spacial score (nSPS) is 14.5. The van der Waals surface area contributed by atoms with Crippen molar-refractivity contribution in [2.45, 2.75) is 71.9 Å². The minimum absolute atomic E-state index is 0.322. The van der Waals surface area contributed by atoms with Crippen LogP contribution in [0.4, 0.5) is 0 Å². The van der Waals surface area contributed by atoms with Crippen molar-refractivity contribution in [1.82, 2.24) is 19.4 Å². The van der Waals surface area contributed by atoms with Crippen LogP contribution < -0.4 is 0 Å². The molecule has 2 aromatic heterocycles. The zero-order chi connectivity index (χ0) is 32.7. The number of benzene rings is 2. The van der Waals surface area contributed by atoms with Gasteiger partial charge in [-0.2, -0.15) is 0 Å². The summed E-state index contributed by atoms with van der Waals surface area (Å²) < 4.78 is 25.9. The van der Waals surface area contributed by atoms with Crippen LogP contribution in [0.25, 0.3) is 33.4 Å². The van der Waals surface area contributed by atoms with Crippen molar-refractivity contribution in [3.05, 3.63) is 71.9 Å². The maximum atomic E-state index is 11.9. The summed E-state index contributed by atoms with van der Waals surface area (Å²) in [5, 5.41) is 11.1. The Bertz CT molecular complexity index is 1590. The lowest BCUT2D eigenvalue weighted by Gasteiger charge is -2.35. The van der Waals surface area contributed by atoms with Crippen LogP contribution in [0, 0.1) is 6.92 Å². The number of piperazine rings is 1. The van der Waals surface area contributed by atoms with Crippen LogP contribution in [0.2, 0.25) is 0 Å². The van der Waals surface area contributed by atoms with Crippen molar-refractivity contribution in [3.8, 4) is 22.5 Å².